The number of hydrazine groups is 1. The van der Waals surface area contributed by atoms with Crippen LogP contribution in [0.1, 0.15) is 49.3 Å². The van der Waals surface area contributed by atoms with Gasteiger partial charge in [0.1, 0.15) is 0 Å². The van der Waals surface area contributed by atoms with Crippen LogP contribution in [0.2, 0.25) is 0 Å². The van der Waals surface area contributed by atoms with E-state index in [1.54, 1.807) is 12.1 Å². The van der Waals surface area contributed by atoms with Gasteiger partial charge in [-0.1, -0.05) is 19.3 Å². The predicted molar refractivity (Wildman–Crippen MR) is 85.5 cm³/mol. The maximum atomic E-state index is 12.0. The monoisotopic (exact) mass is 296 g/mol. The fourth-order valence-electron chi connectivity index (χ4n) is 3.28. The molecule has 22 heavy (non-hydrogen) atoms. The summed E-state index contributed by atoms with van der Waals surface area (Å²) in [6, 6.07) is 5.72. The van der Waals surface area contributed by atoms with E-state index in [1.807, 2.05) is 12.1 Å². The van der Waals surface area contributed by atoms with Gasteiger partial charge in [-0.05, 0) is 37.0 Å². The molecule has 3 N–H and O–H groups in total. The van der Waals surface area contributed by atoms with E-state index in [0.717, 1.165) is 29.8 Å². The first kappa shape index (κ1) is 14.6. The van der Waals surface area contributed by atoms with E-state index in [0.29, 0.717) is 18.0 Å². The number of allylic oxidation sites excluding steroid dienone is 2. The van der Waals surface area contributed by atoms with Crippen LogP contribution in [0.5, 0.6) is 0 Å². The number of hydrogen-bond donors (Lipinski definition) is 2. The second-order valence-corrected chi connectivity index (χ2v) is 6.01. The van der Waals surface area contributed by atoms with Gasteiger partial charge in [0.25, 0.3) is 0 Å². The zero-order valence-corrected chi connectivity index (χ0v) is 12.5. The van der Waals surface area contributed by atoms with E-state index >= 15 is 0 Å². The zero-order chi connectivity index (χ0) is 15.5. The maximum absolute atomic E-state index is 12.0. The van der Waals surface area contributed by atoms with Crippen molar-refractivity contribution in [1.29, 1.82) is 5.26 Å². The van der Waals surface area contributed by atoms with E-state index < -0.39 is 0 Å². The summed E-state index contributed by atoms with van der Waals surface area (Å²) in [4.78, 5) is 15.0. The number of nitrogens with two attached hydrogens (primary N) is 1. The number of hydrogen-bond acceptors (Lipinski definition) is 4. The van der Waals surface area contributed by atoms with Crippen molar-refractivity contribution in [2.75, 3.05) is 6.54 Å². The van der Waals surface area contributed by atoms with Crippen LogP contribution in [0.4, 0.5) is 0 Å². The number of nitriles is 1. The minimum atomic E-state index is -0.0950. The normalized spacial score (nSPS) is 19.4. The fraction of sp³-hybridized carbons (Fsp3) is 0.412. The highest BCUT2D eigenvalue weighted by Gasteiger charge is 2.19. The molecular weight excluding hydrogens is 276 g/mol. The van der Waals surface area contributed by atoms with E-state index in [-0.39, 0.29) is 5.56 Å². The molecule has 0 spiro atoms. The third-order valence-electron chi connectivity index (χ3n) is 4.44. The molecule has 2 aliphatic rings. The second-order valence-electron chi connectivity index (χ2n) is 6.01. The van der Waals surface area contributed by atoms with Gasteiger partial charge in [0.15, 0.2) is 0 Å². The molecule has 1 aromatic heterocycles. The zero-order valence-electron chi connectivity index (χ0n) is 12.5. The number of rotatable bonds is 2. The Labute approximate surface area is 129 Å². The molecule has 0 bridgehead atoms. The molecule has 1 aliphatic carbocycles. The minimum absolute atomic E-state index is 0.0950. The van der Waals surface area contributed by atoms with Crippen LogP contribution in [0.3, 0.4) is 0 Å². The molecule has 0 radical (unpaired) electrons. The van der Waals surface area contributed by atoms with Crippen molar-refractivity contribution in [2.45, 2.75) is 38.0 Å². The molecule has 1 fully saturated rings. The van der Waals surface area contributed by atoms with Crippen LogP contribution in [-0.4, -0.2) is 16.5 Å². The number of aromatic nitrogens is 1. The number of aromatic amines is 1. The summed E-state index contributed by atoms with van der Waals surface area (Å²) in [6.45, 7) is 0.369. The van der Waals surface area contributed by atoms with Crippen molar-refractivity contribution in [3.05, 3.63) is 51.5 Å². The standard InChI is InChI=1S/C17H20N4O/c18-10-12-6-7-16(21(19)11-12)14-8-15(20-17(22)9-14)13-4-2-1-3-5-13/h6-9,13H,1-5,11,19H2,(H,20,22). The van der Waals surface area contributed by atoms with Crippen LogP contribution >= 0.6 is 0 Å². The van der Waals surface area contributed by atoms with Gasteiger partial charge in [-0.15, -0.1) is 0 Å². The van der Waals surface area contributed by atoms with Crippen molar-refractivity contribution in [3.63, 3.8) is 0 Å². The lowest BCUT2D eigenvalue weighted by Gasteiger charge is -2.26. The van der Waals surface area contributed by atoms with Crippen LogP contribution in [0.25, 0.3) is 5.70 Å². The summed E-state index contributed by atoms with van der Waals surface area (Å²) in [5.74, 6) is 6.45. The van der Waals surface area contributed by atoms with Gasteiger partial charge in [0.05, 0.1) is 23.9 Å². The summed E-state index contributed by atoms with van der Waals surface area (Å²) in [6.07, 6.45) is 9.55. The van der Waals surface area contributed by atoms with E-state index in [1.165, 1.54) is 24.3 Å². The Kier molecular flexibility index (Phi) is 4.12. The number of nitrogens with zero attached hydrogens (tertiary/aromatic N) is 2. The SMILES string of the molecule is N#CC1=CC=C(c2cc(C3CCCCC3)[nH]c(=O)c2)N(N)C1. The number of H-pyrrole nitrogens is 1. The van der Waals surface area contributed by atoms with E-state index in [2.05, 4.69) is 11.1 Å². The molecule has 1 aliphatic heterocycles. The lowest BCUT2D eigenvalue weighted by Crippen LogP contribution is -2.33. The molecule has 0 amide bonds. The first-order valence-corrected chi connectivity index (χ1v) is 7.75. The molecule has 5 heteroatoms. The van der Waals surface area contributed by atoms with Gasteiger partial charge in [-0.25, -0.2) is 5.84 Å². The molecule has 0 saturated heterocycles. The van der Waals surface area contributed by atoms with Crippen molar-refractivity contribution in [1.82, 2.24) is 9.99 Å². The van der Waals surface area contributed by atoms with Crippen molar-refractivity contribution in [3.8, 4) is 6.07 Å². The third-order valence-corrected chi connectivity index (χ3v) is 4.44. The van der Waals surface area contributed by atoms with Gasteiger partial charge in [0.2, 0.25) is 5.56 Å². The van der Waals surface area contributed by atoms with Gasteiger partial charge >= 0.3 is 0 Å². The number of nitrogens with one attached hydrogen (secondary N) is 1. The molecule has 0 atom stereocenters. The quantitative estimate of drug-likeness (QED) is 0.821. The van der Waals surface area contributed by atoms with Crippen molar-refractivity contribution < 1.29 is 0 Å². The highest BCUT2D eigenvalue weighted by Crippen LogP contribution is 2.32. The van der Waals surface area contributed by atoms with Crippen LogP contribution in [0, 0.1) is 11.3 Å². The Morgan fingerprint density at radius 1 is 1.23 bits per heavy atom. The largest absolute Gasteiger partial charge is 0.326 e. The third kappa shape index (κ3) is 2.97. The molecular formula is C17H20N4O. The average Bonchev–Trinajstić information content (AvgIpc) is 2.55. The van der Waals surface area contributed by atoms with Crippen molar-refractivity contribution >= 4 is 5.70 Å². The Morgan fingerprint density at radius 3 is 2.68 bits per heavy atom. The Morgan fingerprint density at radius 2 is 2.00 bits per heavy atom. The summed E-state index contributed by atoms with van der Waals surface area (Å²) in [7, 11) is 0. The molecule has 5 nitrogen and oxygen atoms in total. The highest BCUT2D eigenvalue weighted by molar-refractivity contribution is 5.67. The second kappa shape index (κ2) is 6.20. The Bertz CT molecular complexity index is 717. The maximum Gasteiger partial charge on any atom is 0.248 e. The average molecular weight is 296 g/mol. The summed E-state index contributed by atoms with van der Waals surface area (Å²) < 4.78 is 0. The molecule has 0 unspecified atom stereocenters. The Balaban J connectivity index is 1.96. The molecule has 3 rings (SSSR count). The fourth-order valence-corrected chi connectivity index (χ4v) is 3.28. The Hall–Kier alpha value is -2.32. The molecule has 2 heterocycles. The minimum Gasteiger partial charge on any atom is -0.326 e. The molecule has 114 valence electrons. The lowest BCUT2D eigenvalue weighted by molar-refractivity contribution is 0.435. The molecule has 1 aromatic rings. The molecule has 0 aromatic carbocycles. The first-order valence-electron chi connectivity index (χ1n) is 7.75. The van der Waals surface area contributed by atoms with Crippen LogP contribution in [-0.2, 0) is 0 Å². The van der Waals surface area contributed by atoms with Crippen molar-refractivity contribution in [2.24, 2.45) is 5.84 Å². The van der Waals surface area contributed by atoms with Gasteiger partial charge < -0.3 is 9.99 Å². The predicted octanol–water partition coefficient (Wildman–Crippen LogP) is 2.40. The van der Waals surface area contributed by atoms with E-state index in [9.17, 15) is 4.79 Å². The van der Waals surface area contributed by atoms with Gasteiger partial charge in [0, 0.05) is 17.3 Å². The summed E-state index contributed by atoms with van der Waals surface area (Å²) in [5.41, 5.74) is 3.12. The van der Waals surface area contributed by atoms with Gasteiger partial charge in [-0.2, -0.15) is 5.26 Å². The molecule has 1 saturated carbocycles. The highest BCUT2D eigenvalue weighted by atomic mass is 16.1. The topological polar surface area (TPSA) is 85.9 Å². The smallest absolute Gasteiger partial charge is 0.248 e. The summed E-state index contributed by atoms with van der Waals surface area (Å²) in [5, 5.41) is 10.5. The number of pyridine rings is 1. The van der Waals surface area contributed by atoms with Gasteiger partial charge in [-0.3, -0.25) is 4.79 Å². The van der Waals surface area contributed by atoms with Crippen LogP contribution < -0.4 is 11.4 Å². The van der Waals surface area contributed by atoms with Crippen LogP contribution in [0.15, 0.2) is 34.7 Å². The lowest BCUT2D eigenvalue weighted by atomic mass is 9.86. The first-order chi connectivity index (χ1) is 10.7. The summed E-state index contributed by atoms with van der Waals surface area (Å²) >= 11 is 0. The van der Waals surface area contributed by atoms with E-state index in [4.69, 9.17) is 11.1 Å².